The van der Waals surface area contributed by atoms with Crippen molar-refractivity contribution >= 4 is 21.8 Å². The zero-order chi connectivity index (χ0) is 11.8. The number of aromatic amines is 1. The summed E-state index contributed by atoms with van der Waals surface area (Å²) in [7, 11) is 0. The number of nitrogens with zero attached hydrogens (tertiary/aromatic N) is 1. The molecule has 2 aromatic heterocycles. The Morgan fingerprint density at radius 3 is 2.94 bits per heavy atom. The molecule has 0 fully saturated rings. The van der Waals surface area contributed by atoms with Crippen molar-refractivity contribution in [1.82, 2.24) is 9.97 Å². The molecule has 3 rings (SSSR count). The van der Waals surface area contributed by atoms with Crippen LogP contribution in [0.15, 0.2) is 36.7 Å². The van der Waals surface area contributed by atoms with E-state index in [9.17, 15) is 5.11 Å². The van der Waals surface area contributed by atoms with Crippen LogP contribution in [0, 0.1) is 0 Å². The Kier molecular flexibility index (Phi) is 2.31. The maximum atomic E-state index is 9.71. The van der Waals surface area contributed by atoms with Gasteiger partial charge in [-0.1, -0.05) is 12.1 Å². The Morgan fingerprint density at radius 1 is 1.24 bits per heavy atom. The minimum atomic E-state index is -0.607. The Hall–Kier alpha value is -1.91. The lowest BCUT2D eigenvalue weighted by Crippen LogP contribution is -2.11. The van der Waals surface area contributed by atoms with Gasteiger partial charge in [-0.25, -0.2) is 0 Å². The molecule has 0 amide bonds. The lowest BCUT2D eigenvalue weighted by molar-refractivity contribution is 0.187. The normalized spacial score (nSPS) is 13.3. The van der Waals surface area contributed by atoms with Crippen LogP contribution in [0.2, 0.25) is 0 Å². The first-order valence-electron chi connectivity index (χ1n) is 5.53. The van der Waals surface area contributed by atoms with Gasteiger partial charge in [-0.3, -0.25) is 4.98 Å². The van der Waals surface area contributed by atoms with E-state index in [4.69, 9.17) is 5.73 Å². The van der Waals surface area contributed by atoms with Crippen LogP contribution in [0.4, 0.5) is 0 Å². The monoisotopic (exact) mass is 227 g/mol. The number of hydrogen-bond acceptors (Lipinski definition) is 3. The molecule has 0 saturated carbocycles. The van der Waals surface area contributed by atoms with Crippen LogP contribution < -0.4 is 5.73 Å². The second-order valence-electron chi connectivity index (χ2n) is 4.10. The number of aromatic nitrogens is 2. The van der Waals surface area contributed by atoms with Gasteiger partial charge in [0.15, 0.2) is 0 Å². The number of fused-ring (bicyclic) bond motifs is 3. The average molecular weight is 227 g/mol. The number of nitrogens with two attached hydrogens (primary N) is 1. The van der Waals surface area contributed by atoms with Crippen LogP contribution in [0.3, 0.4) is 0 Å². The molecule has 0 spiro atoms. The van der Waals surface area contributed by atoms with Crippen molar-refractivity contribution in [3.05, 3.63) is 42.2 Å². The van der Waals surface area contributed by atoms with Crippen LogP contribution in [0.1, 0.15) is 11.7 Å². The molecule has 0 aliphatic carbocycles. The number of nitrogens with one attached hydrogen (secondary N) is 1. The number of rotatable bonds is 2. The van der Waals surface area contributed by atoms with Gasteiger partial charge in [-0.2, -0.15) is 0 Å². The van der Waals surface area contributed by atoms with E-state index < -0.39 is 6.10 Å². The average Bonchev–Trinajstić information content (AvgIpc) is 2.75. The highest BCUT2D eigenvalue weighted by molar-refractivity contribution is 6.06. The van der Waals surface area contributed by atoms with Gasteiger partial charge in [0.25, 0.3) is 0 Å². The molecule has 0 saturated heterocycles. The summed E-state index contributed by atoms with van der Waals surface area (Å²) in [5.74, 6) is 0. The second kappa shape index (κ2) is 3.84. The first-order valence-corrected chi connectivity index (χ1v) is 5.53. The zero-order valence-electron chi connectivity index (χ0n) is 9.22. The van der Waals surface area contributed by atoms with E-state index in [-0.39, 0.29) is 6.54 Å². The lowest BCUT2D eigenvalue weighted by Gasteiger charge is -2.07. The van der Waals surface area contributed by atoms with Crippen molar-refractivity contribution in [3.63, 3.8) is 0 Å². The van der Waals surface area contributed by atoms with Gasteiger partial charge < -0.3 is 15.8 Å². The molecular formula is C13H13N3O. The van der Waals surface area contributed by atoms with E-state index in [0.29, 0.717) is 0 Å². The maximum Gasteiger partial charge on any atom is 0.0912 e. The van der Waals surface area contributed by atoms with Crippen molar-refractivity contribution in [2.24, 2.45) is 5.73 Å². The summed E-state index contributed by atoms with van der Waals surface area (Å²) in [6.45, 7) is 0.229. The quantitative estimate of drug-likeness (QED) is 0.624. The van der Waals surface area contributed by atoms with Gasteiger partial charge in [-0.15, -0.1) is 0 Å². The lowest BCUT2D eigenvalue weighted by atomic mass is 10.1. The molecule has 1 unspecified atom stereocenters. The summed E-state index contributed by atoms with van der Waals surface area (Å²) in [5.41, 5.74) is 8.33. The van der Waals surface area contributed by atoms with Gasteiger partial charge in [-0.05, 0) is 17.7 Å². The Bertz CT molecular complexity index is 675. The number of H-pyrrole nitrogens is 1. The van der Waals surface area contributed by atoms with Gasteiger partial charge >= 0.3 is 0 Å². The molecule has 0 radical (unpaired) electrons. The van der Waals surface area contributed by atoms with Gasteiger partial charge in [0.1, 0.15) is 0 Å². The highest BCUT2D eigenvalue weighted by atomic mass is 16.3. The third kappa shape index (κ3) is 1.58. The molecule has 4 nitrogen and oxygen atoms in total. The molecule has 1 aromatic carbocycles. The number of hydrogen-bond donors (Lipinski definition) is 3. The Labute approximate surface area is 98.1 Å². The minimum Gasteiger partial charge on any atom is -0.387 e. The third-order valence-corrected chi connectivity index (χ3v) is 3.03. The summed E-state index contributed by atoms with van der Waals surface area (Å²) >= 11 is 0. The number of benzene rings is 1. The second-order valence-corrected chi connectivity index (χ2v) is 4.10. The fourth-order valence-electron chi connectivity index (χ4n) is 2.11. The molecule has 4 heteroatoms. The number of aliphatic hydroxyl groups is 1. The van der Waals surface area contributed by atoms with Crippen LogP contribution >= 0.6 is 0 Å². The summed E-state index contributed by atoms with van der Waals surface area (Å²) < 4.78 is 0. The van der Waals surface area contributed by atoms with E-state index in [1.54, 1.807) is 6.20 Å². The highest BCUT2D eigenvalue weighted by Crippen LogP contribution is 2.26. The van der Waals surface area contributed by atoms with E-state index in [0.717, 1.165) is 27.4 Å². The smallest absolute Gasteiger partial charge is 0.0912 e. The maximum absolute atomic E-state index is 9.71. The van der Waals surface area contributed by atoms with Crippen LogP contribution in [0.5, 0.6) is 0 Å². The van der Waals surface area contributed by atoms with Crippen LogP contribution in [-0.2, 0) is 0 Å². The van der Waals surface area contributed by atoms with Gasteiger partial charge in [0.05, 0.1) is 6.10 Å². The van der Waals surface area contributed by atoms with Gasteiger partial charge in [0, 0.05) is 40.7 Å². The Balaban J connectivity index is 2.26. The van der Waals surface area contributed by atoms with Crippen molar-refractivity contribution in [1.29, 1.82) is 0 Å². The molecule has 0 aliphatic rings. The molecule has 3 aromatic rings. The fourth-order valence-corrected chi connectivity index (χ4v) is 2.11. The molecule has 86 valence electrons. The predicted molar refractivity (Wildman–Crippen MR) is 67.6 cm³/mol. The summed E-state index contributed by atoms with van der Waals surface area (Å²) in [6, 6.07) is 7.77. The highest BCUT2D eigenvalue weighted by Gasteiger charge is 2.08. The summed E-state index contributed by atoms with van der Waals surface area (Å²) in [4.78, 5) is 7.42. The summed E-state index contributed by atoms with van der Waals surface area (Å²) in [6.07, 6.45) is 2.99. The zero-order valence-corrected chi connectivity index (χ0v) is 9.22. The van der Waals surface area contributed by atoms with Crippen molar-refractivity contribution in [2.45, 2.75) is 6.10 Å². The fraction of sp³-hybridized carbons (Fsp3) is 0.154. The minimum absolute atomic E-state index is 0.229. The summed E-state index contributed by atoms with van der Waals surface area (Å²) in [5, 5.41) is 11.9. The number of pyridine rings is 1. The van der Waals surface area contributed by atoms with Crippen molar-refractivity contribution in [2.75, 3.05) is 6.54 Å². The first kappa shape index (κ1) is 10.3. The first-order chi connectivity index (χ1) is 8.29. The van der Waals surface area contributed by atoms with Crippen molar-refractivity contribution < 1.29 is 5.11 Å². The molecule has 4 N–H and O–H groups in total. The molecule has 0 aliphatic heterocycles. The Morgan fingerprint density at radius 2 is 2.12 bits per heavy atom. The van der Waals surface area contributed by atoms with Crippen LogP contribution in [-0.4, -0.2) is 21.6 Å². The third-order valence-electron chi connectivity index (χ3n) is 3.03. The molecule has 1 atom stereocenters. The van der Waals surface area contributed by atoms with Crippen LogP contribution in [0.25, 0.3) is 21.8 Å². The van der Waals surface area contributed by atoms with E-state index in [1.807, 2.05) is 30.5 Å². The standard InChI is InChI=1S/C13H13N3O/c14-6-13(17)8-1-2-9-10-7-15-4-3-11(10)16-12(9)5-8/h1-5,7,13,16-17H,6,14H2. The molecular weight excluding hydrogens is 214 g/mol. The van der Waals surface area contributed by atoms with Gasteiger partial charge in [0.2, 0.25) is 0 Å². The van der Waals surface area contributed by atoms with Crippen molar-refractivity contribution in [3.8, 4) is 0 Å². The molecule has 17 heavy (non-hydrogen) atoms. The SMILES string of the molecule is NCC(O)c1ccc2c(c1)[nH]c1ccncc12. The van der Waals surface area contributed by atoms with E-state index >= 15 is 0 Å². The number of aliphatic hydroxyl groups excluding tert-OH is 1. The largest absolute Gasteiger partial charge is 0.387 e. The van der Waals surface area contributed by atoms with E-state index in [2.05, 4.69) is 9.97 Å². The molecule has 2 heterocycles. The predicted octanol–water partition coefficient (Wildman–Crippen LogP) is 1.71. The topological polar surface area (TPSA) is 74.9 Å². The van der Waals surface area contributed by atoms with E-state index in [1.165, 1.54) is 0 Å². The molecule has 0 bridgehead atoms.